The van der Waals surface area contributed by atoms with Gasteiger partial charge in [-0.15, -0.1) is 0 Å². The zero-order valence-corrected chi connectivity index (χ0v) is 12.5. The highest BCUT2D eigenvalue weighted by atomic mass is 79.9. The molecule has 20 heavy (non-hydrogen) atoms. The Morgan fingerprint density at radius 1 is 1.45 bits per heavy atom. The fraction of sp³-hybridized carbons (Fsp3) is 0.214. The summed E-state index contributed by atoms with van der Waals surface area (Å²) in [6.45, 7) is 0.592. The number of hydrogen-bond acceptors (Lipinski definition) is 2. The first kappa shape index (κ1) is 14.6. The molecule has 0 aliphatic carbocycles. The molecule has 6 heteroatoms. The van der Waals surface area contributed by atoms with Crippen molar-refractivity contribution in [3.05, 3.63) is 52.5 Å². The number of benzene rings is 1. The van der Waals surface area contributed by atoms with Crippen LogP contribution in [0.5, 0.6) is 5.75 Å². The van der Waals surface area contributed by atoms with Gasteiger partial charge in [-0.3, -0.25) is 4.79 Å². The van der Waals surface area contributed by atoms with Crippen LogP contribution in [-0.2, 0) is 0 Å². The van der Waals surface area contributed by atoms with Crippen molar-refractivity contribution in [2.24, 2.45) is 0 Å². The fourth-order valence-electron chi connectivity index (χ4n) is 1.65. The lowest BCUT2D eigenvalue weighted by atomic mass is 10.3. The number of halogens is 2. The third-order valence-electron chi connectivity index (χ3n) is 2.75. The van der Waals surface area contributed by atoms with E-state index in [-0.39, 0.29) is 18.3 Å². The Kier molecular flexibility index (Phi) is 4.79. The van der Waals surface area contributed by atoms with Crippen LogP contribution >= 0.6 is 15.9 Å². The van der Waals surface area contributed by atoms with Gasteiger partial charge in [-0.05, 0) is 34.1 Å². The van der Waals surface area contributed by atoms with E-state index in [1.807, 2.05) is 0 Å². The van der Waals surface area contributed by atoms with Gasteiger partial charge in [-0.1, -0.05) is 12.1 Å². The van der Waals surface area contributed by atoms with Crippen molar-refractivity contribution in [1.82, 2.24) is 9.88 Å². The number of aromatic amines is 1. The van der Waals surface area contributed by atoms with Crippen molar-refractivity contribution in [2.45, 2.75) is 0 Å². The van der Waals surface area contributed by atoms with E-state index in [1.54, 1.807) is 37.5 Å². The molecular formula is C14H14BrFN2O2. The SMILES string of the molecule is CN(CCOc1ccccc1F)C(=O)c1cc(Br)c[nH]1. The number of likely N-dealkylation sites (N-methyl/N-ethyl adjacent to an activating group) is 1. The number of nitrogens with zero attached hydrogens (tertiary/aromatic N) is 1. The number of aromatic nitrogens is 1. The summed E-state index contributed by atoms with van der Waals surface area (Å²) >= 11 is 3.27. The Morgan fingerprint density at radius 2 is 2.20 bits per heavy atom. The van der Waals surface area contributed by atoms with Crippen molar-refractivity contribution in [1.29, 1.82) is 0 Å². The second kappa shape index (κ2) is 6.56. The van der Waals surface area contributed by atoms with E-state index in [0.717, 1.165) is 4.47 Å². The van der Waals surface area contributed by atoms with E-state index < -0.39 is 5.82 Å². The van der Waals surface area contributed by atoms with Gasteiger partial charge in [0.15, 0.2) is 11.6 Å². The molecule has 0 bridgehead atoms. The molecule has 1 amide bonds. The molecule has 0 unspecified atom stereocenters. The van der Waals surface area contributed by atoms with Crippen molar-refractivity contribution in [3.8, 4) is 5.75 Å². The Bertz CT molecular complexity index is 600. The minimum atomic E-state index is -0.408. The maximum absolute atomic E-state index is 13.3. The molecule has 0 fully saturated rings. The van der Waals surface area contributed by atoms with E-state index in [0.29, 0.717) is 12.2 Å². The summed E-state index contributed by atoms with van der Waals surface area (Å²) in [7, 11) is 1.67. The number of para-hydroxylation sites is 1. The summed E-state index contributed by atoms with van der Waals surface area (Å²) in [5.41, 5.74) is 0.491. The van der Waals surface area contributed by atoms with Gasteiger partial charge in [0, 0.05) is 17.7 Å². The minimum absolute atomic E-state index is 0.146. The normalized spacial score (nSPS) is 10.3. The Balaban J connectivity index is 1.85. The molecule has 0 aliphatic heterocycles. The summed E-state index contributed by atoms with van der Waals surface area (Å²) < 4.78 is 19.5. The summed E-state index contributed by atoms with van der Waals surface area (Å²) in [4.78, 5) is 16.4. The van der Waals surface area contributed by atoms with Gasteiger partial charge in [0.25, 0.3) is 5.91 Å². The van der Waals surface area contributed by atoms with Crippen LogP contribution in [0.25, 0.3) is 0 Å². The topological polar surface area (TPSA) is 45.3 Å². The molecule has 1 aromatic heterocycles. The monoisotopic (exact) mass is 340 g/mol. The lowest BCUT2D eigenvalue weighted by Gasteiger charge is -2.16. The summed E-state index contributed by atoms with van der Waals surface area (Å²) in [5.74, 6) is -0.362. The molecule has 0 saturated heterocycles. The highest BCUT2D eigenvalue weighted by molar-refractivity contribution is 9.10. The predicted octanol–water partition coefficient (Wildman–Crippen LogP) is 3.07. The Labute approximate surface area is 124 Å². The van der Waals surface area contributed by atoms with Crippen LogP contribution in [0.2, 0.25) is 0 Å². The third-order valence-corrected chi connectivity index (χ3v) is 3.20. The number of ether oxygens (including phenoxy) is 1. The zero-order chi connectivity index (χ0) is 14.5. The van der Waals surface area contributed by atoms with E-state index >= 15 is 0 Å². The van der Waals surface area contributed by atoms with Crippen molar-refractivity contribution in [2.75, 3.05) is 20.2 Å². The van der Waals surface area contributed by atoms with E-state index in [4.69, 9.17) is 4.74 Å². The van der Waals surface area contributed by atoms with Gasteiger partial charge in [0.2, 0.25) is 0 Å². The van der Waals surface area contributed by atoms with E-state index in [1.165, 1.54) is 11.0 Å². The predicted molar refractivity (Wildman–Crippen MR) is 77.3 cm³/mol. The van der Waals surface area contributed by atoms with Crippen molar-refractivity contribution < 1.29 is 13.9 Å². The zero-order valence-electron chi connectivity index (χ0n) is 10.9. The first-order valence-electron chi connectivity index (χ1n) is 6.04. The van der Waals surface area contributed by atoms with Gasteiger partial charge in [-0.25, -0.2) is 4.39 Å². The van der Waals surface area contributed by atoms with Gasteiger partial charge in [-0.2, -0.15) is 0 Å². The van der Waals surface area contributed by atoms with Crippen LogP contribution < -0.4 is 4.74 Å². The van der Waals surface area contributed by atoms with Crippen molar-refractivity contribution in [3.63, 3.8) is 0 Å². The Hall–Kier alpha value is -1.82. The molecule has 0 saturated carbocycles. The van der Waals surface area contributed by atoms with Crippen LogP contribution in [0, 0.1) is 5.82 Å². The molecule has 106 valence electrons. The maximum atomic E-state index is 13.3. The number of carbonyl (C=O) groups excluding carboxylic acids is 1. The smallest absolute Gasteiger partial charge is 0.270 e. The second-order valence-electron chi connectivity index (χ2n) is 4.24. The largest absolute Gasteiger partial charge is 0.489 e. The number of H-pyrrole nitrogens is 1. The molecule has 2 rings (SSSR count). The van der Waals surface area contributed by atoms with Crippen molar-refractivity contribution >= 4 is 21.8 Å². The molecule has 0 aliphatic rings. The molecule has 2 aromatic rings. The average molecular weight is 341 g/mol. The first-order valence-corrected chi connectivity index (χ1v) is 6.84. The number of hydrogen-bond donors (Lipinski definition) is 1. The number of carbonyl (C=O) groups is 1. The summed E-state index contributed by atoms with van der Waals surface area (Å²) in [6.07, 6.45) is 1.69. The first-order chi connectivity index (χ1) is 9.58. The fourth-order valence-corrected chi connectivity index (χ4v) is 2.00. The van der Waals surface area contributed by atoms with E-state index in [9.17, 15) is 9.18 Å². The van der Waals surface area contributed by atoms with Crippen LogP contribution in [0.1, 0.15) is 10.5 Å². The van der Waals surface area contributed by atoms with Gasteiger partial charge < -0.3 is 14.6 Å². The van der Waals surface area contributed by atoms with Crippen LogP contribution in [0.4, 0.5) is 4.39 Å². The van der Waals surface area contributed by atoms with Gasteiger partial charge in [0.05, 0.1) is 6.54 Å². The summed E-state index contributed by atoms with van der Waals surface area (Å²) in [5, 5.41) is 0. The molecule has 1 N–H and O–H groups in total. The Morgan fingerprint density at radius 3 is 2.85 bits per heavy atom. The summed E-state index contributed by atoms with van der Waals surface area (Å²) in [6, 6.07) is 7.89. The van der Waals surface area contributed by atoms with Crippen LogP contribution in [0.3, 0.4) is 0 Å². The van der Waals surface area contributed by atoms with Gasteiger partial charge in [0.1, 0.15) is 12.3 Å². The lowest BCUT2D eigenvalue weighted by Crippen LogP contribution is -2.31. The van der Waals surface area contributed by atoms with Gasteiger partial charge >= 0.3 is 0 Å². The number of rotatable bonds is 5. The molecule has 0 spiro atoms. The molecule has 0 atom stereocenters. The number of nitrogens with one attached hydrogen (secondary N) is 1. The van der Waals surface area contributed by atoms with Crippen LogP contribution in [0.15, 0.2) is 41.0 Å². The lowest BCUT2D eigenvalue weighted by molar-refractivity contribution is 0.0768. The standard InChI is InChI=1S/C14H14BrFN2O2/c1-18(14(19)12-8-10(15)9-17-12)6-7-20-13-5-3-2-4-11(13)16/h2-5,8-9,17H,6-7H2,1H3. The number of amides is 1. The molecular weight excluding hydrogens is 327 g/mol. The molecule has 0 radical (unpaired) electrons. The minimum Gasteiger partial charge on any atom is -0.489 e. The highest BCUT2D eigenvalue weighted by Gasteiger charge is 2.13. The van der Waals surface area contributed by atoms with Crippen LogP contribution in [-0.4, -0.2) is 36.0 Å². The average Bonchev–Trinajstić information content (AvgIpc) is 2.86. The molecule has 4 nitrogen and oxygen atoms in total. The second-order valence-corrected chi connectivity index (χ2v) is 5.15. The maximum Gasteiger partial charge on any atom is 0.270 e. The molecule has 1 aromatic carbocycles. The van der Waals surface area contributed by atoms with E-state index in [2.05, 4.69) is 20.9 Å². The quantitative estimate of drug-likeness (QED) is 0.909. The highest BCUT2D eigenvalue weighted by Crippen LogP contribution is 2.15. The third kappa shape index (κ3) is 3.60. The molecule has 1 heterocycles.